The second-order valence-electron chi connectivity index (χ2n) is 14.5. The van der Waals surface area contributed by atoms with Crippen LogP contribution in [0.3, 0.4) is 0 Å². The van der Waals surface area contributed by atoms with Crippen LogP contribution in [-0.4, -0.2) is 85.7 Å². The SMILES string of the molecule is C=CC1C[C@]1(NC(=O)C1CC(Oc2cc(-c3ccccc3)nc3cc(OC)ccc23)CN1C(=O)[C@H](NC)C(C)(C)C)C(=O)NS(=O)(=O)C1CC1. The Kier molecular flexibility index (Phi) is 9.42. The van der Waals surface area contributed by atoms with Gasteiger partial charge in [-0.15, -0.1) is 6.58 Å². The maximum Gasteiger partial charge on any atom is 0.259 e. The molecule has 1 aliphatic heterocycles. The van der Waals surface area contributed by atoms with Crippen molar-refractivity contribution in [1.82, 2.24) is 25.2 Å². The summed E-state index contributed by atoms with van der Waals surface area (Å²) in [4.78, 5) is 48.2. The summed E-state index contributed by atoms with van der Waals surface area (Å²) in [5.41, 5.74) is 0.258. The van der Waals surface area contributed by atoms with Gasteiger partial charge in [-0.25, -0.2) is 13.4 Å². The van der Waals surface area contributed by atoms with Crippen LogP contribution in [0.15, 0.2) is 67.3 Å². The molecule has 3 unspecified atom stereocenters. The lowest BCUT2D eigenvalue weighted by Gasteiger charge is -2.35. The zero-order valence-electron chi connectivity index (χ0n) is 29.1. The molecule has 1 saturated heterocycles. The smallest absolute Gasteiger partial charge is 0.259 e. The number of aromatic nitrogens is 1. The van der Waals surface area contributed by atoms with Crippen molar-refractivity contribution < 1.29 is 32.3 Å². The molecule has 2 aromatic carbocycles. The molecule has 5 atom stereocenters. The Morgan fingerprint density at radius 3 is 2.42 bits per heavy atom. The molecule has 3 amide bonds. The Morgan fingerprint density at radius 2 is 1.82 bits per heavy atom. The molecule has 2 aliphatic carbocycles. The number of nitrogens with zero attached hydrogens (tertiary/aromatic N) is 2. The number of fused-ring (bicyclic) bond motifs is 1. The molecule has 50 heavy (non-hydrogen) atoms. The lowest BCUT2D eigenvalue weighted by Crippen LogP contribution is -2.59. The molecule has 12 nitrogen and oxygen atoms in total. The van der Waals surface area contributed by atoms with Gasteiger partial charge in [-0.05, 0) is 43.9 Å². The fourth-order valence-electron chi connectivity index (χ4n) is 6.82. The van der Waals surface area contributed by atoms with Crippen molar-refractivity contribution in [3.8, 4) is 22.8 Å². The van der Waals surface area contributed by atoms with Crippen LogP contribution in [-0.2, 0) is 24.4 Å². The quantitative estimate of drug-likeness (QED) is 0.240. The number of benzene rings is 2. The molecule has 3 aliphatic rings. The number of sulfonamides is 1. The van der Waals surface area contributed by atoms with Crippen molar-refractivity contribution in [3.05, 3.63) is 67.3 Å². The molecular formula is C37H45N5O7S. The van der Waals surface area contributed by atoms with Crippen molar-refractivity contribution in [2.24, 2.45) is 11.3 Å². The molecule has 0 spiro atoms. The summed E-state index contributed by atoms with van der Waals surface area (Å²) in [6, 6.07) is 15.4. The first kappa shape index (κ1) is 35.3. The van der Waals surface area contributed by atoms with Crippen molar-refractivity contribution in [2.75, 3.05) is 20.7 Å². The highest BCUT2D eigenvalue weighted by Gasteiger charge is 2.62. The Morgan fingerprint density at radius 1 is 1.10 bits per heavy atom. The summed E-state index contributed by atoms with van der Waals surface area (Å²) in [6.45, 7) is 9.70. The van der Waals surface area contributed by atoms with Gasteiger partial charge in [0.05, 0.1) is 36.2 Å². The van der Waals surface area contributed by atoms with Crippen LogP contribution in [0, 0.1) is 11.3 Å². The molecule has 3 N–H and O–H groups in total. The summed E-state index contributed by atoms with van der Waals surface area (Å²) < 4.78 is 39.6. The monoisotopic (exact) mass is 703 g/mol. The van der Waals surface area contributed by atoms with Crippen LogP contribution in [0.1, 0.15) is 46.5 Å². The van der Waals surface area contributed by atoms with Gasteiger partial charge in [0.1, 0.15) is 29.2 Å². The van der Waals surface area contributed by atoms with Gasteiger partial charge in [0, 0.05) is 35.4 Å². The van der Waals surface area contributed by atoms with Crippen LogP contribution in [0.5, 0.6) is 11.5 Å². The number of carbonyl (C=O) groups excluding carboxylic acids is 3. The van der Waals surface area contributed by atoms with Crippen LogP contribution < -0.4 is 24.8 Å². The highest BCUT2D eigenvalue weighted by Crippen LogP contribution is 2.46. The van der Waals surface area contributed by atoms with E-state index in [0.29, 0.717) is 35.6 Å². The first-order valence-corrected chi connectivity index (χ1v) is 18.4. The van der Waals surface area contributed by atoms with E-state index in [1.165, 1.54) is 11.0 Å². The number of hydrogen-bond acceptors (Lipinski definition) is 9. The molecule has 2 saturated carbocycles. The number of likely N-dealkylation sites (N-methyl/N-ethyl adjacent to an activating group) is 1. The summed E-state index contributed by atoms with van der Waals surface area (Å²) in [7, 11) is -0.562. The molecule has 6 rings (SSSR count). The van der Waals surface area contributed by atoms with Gasteiger partial charge in [0.2, 0.25) is 21.8 Å². The van der Waals surface area contributed by atoms with Crippen molar-refractivity contribution in [1.29, 1.82) is 0 Å². The predicted octanol–water partition coefficient (Wildman–Crippen LogP) is 3.56. The molecule has 3 aromatic rings. The Labute approximate surface area is 293 Å². The van der Waals surface area contributed by atoms with Gasteiger partial charge < -0.3 is 25.0 Å². The lowest BCUT2D eigenvalue weighted by atomic mass is 9.86. The third kappa shape index (κ3) is 6.93. The van der Waals surface area contributed by atoms with Gasteiger partial charge >= 0.3 is 0 Å². The lowest BCUT2D eigenvalue weighted by molar-refractivity contribution is -0.142. The van der Waals surface area contributed by atoms with Crippen molar-refractivity contribution >= 4 is 38.6 Å². The molecule has 3 fully saturated rings. The van der Waals surface area contributed by atoms with Crippen LogP contribution >= 0.6 is 0 Å². The second-order valence-corrected chi connectivity index (χ2v) is 16.5. The minimum Gasteiger partial charge on any atom is -0.497 e. The minimum atomic E-state index is -3.85. The Bertz CT molecular complexity index is 1930. The van der Waals surface area contributed by atoms with Gasteiger partial charge in [-0.3, -0.25) is 19.1 Å². The van der Waals surface area contributed by atoms with E-state index in [1.54, 1.807) is 14.2 Å². The molecule has 266 valence electrons. The largest absolute Gasteiger partial charge is 0.497 e. The van der Waals surface area contributed by atoms with Gasteiger partial charge in [0.25, 0.3) is 5.91 Å². The number of amides is 3. The maximum absolute atomic E-state index is 14.2. The number of ether oxygens (including phenoxy) is 2. The summed E-state index contributed by atoms with van der Waals surface area (Å²) in [5.74, 6) is -0.934. The summed E-state index contributed by atoms with van der Waals surface area (Å²) in [5, 5.41) is 6.09. The number of methoxy groups -OCH3 is 1. The topological polar surface area (TPSA) is 156 Å². The normalized spacial score (nSPS) is 23.9. The Hall–Kier alpha value is -4.49. The third-order valence-electron chi connectivity index (χ3n) is 9.84. The number of pyridine rings is 1. The highest BCUT2D eigenvalue weighted by molar-refractivity contribution is 7.91. The number of hydrogen-bond donors (Lipinski definition) is 3. The van der Waals surface area contributed by atoms with Crippen LogP contribution in [0.2, 0.25) is 0 Å². The second kappa shape index (κ2) is 13.3. The van der Waals surface area contributed by atoms with E-state index < -0.39 is 62.1 Å². The van der Waals surface area contributed by atoms with Crippen molar-refractivity contribution in [3.63, 3.8) is 0 Å². The van der Waals surface area contributed by atoms with E-state index in [-0.39, 0.29) is 25.3 Å². The van der Waals surface area contributed by atoms with Crippen LogP contribution in [0.4, 0.5) is 0 Å². The number of likely N-dealkylation sites (tertiary alicyclic amines) is 1. The van der Waals surface area contributed by atoms with E-state index in [0.717, 1.165) is 10.9 Å². The van der Waals surface area contributed by atoms with Crippen molar-refractivity contribution in [2.45, 2.75) is 75.4 Å². The fourth-order valence-corrected chi connectivity index (χ4v) is 8.19. The van der Waals surface area contributed by atoms with E-state index in [4.69, 9.17) is 14.5 Å². The zero-order chi connectivity index (χ0) is 36.0. The van der Waals surface area contributed by atoms with E-state index >= 15 is 0 Å². The minimum absolute atomic E-state index is 0.103. The third-order valence-corrected chi connectivity index (χ3v) is 11.7. The average molecular weight is 704 g/mol. The molecule has 2 heterocycles. The molecule has 0 radical (unpaired) electrons. The van der Waals surface area contributed by atoms with Gasteiger partial charge in [-0.2, -0.15) is 0 Å². The molecule has 0 bridgehead atoms. The maximum atomic E-state index is 14.2. The van der Waals surface area contributed by atoms with E-state index in [1.807, 2.05) is 75.4 Å². The zero-order valence-corrected chi connectivity index (χ0v) is 29.9. The number of carbonyl (C=O) groups is 3. The Balaban J connectivity index is 1.32. The highest BCUT2D eigenvalue weighted by atomic mass is 32.2. The fraction of sp³-hybridized carbons (Fsp3) is 0.459. The number of nitrogens with one attached hydrogen (secondary N) is 3. The number of rotatable bonds is 12. The van der Waals surface area contributed by atoms with Gasteiger partial charge in [-0.1, -0.05) is 57.2 Å². The molecular weight excluding hydrogens is 659 g/mol. The van der Waals surface area contributed by atoms with E-state index in [9.17, 15) is 22.8 Å². The van der Waals surface area contributed by atoms with Crippen LogP contribution in [0.25, 0.3) is 22.2 Å². The summed E-state index contributed by atoms with van der Waals surface area (Å²) >= 11 is 0. The average Bonchev–Trinajstić information content (AvgIpc) is 4.01. The standard InChI is InChI=1S/C37H45N5O7S/c1-7-23-20-37(23,35(45)41-50(46,47)26-14-15-26)40-33(43)30-18-25(21-42(30)34(44)32(38-5)36(2,3)4)49-31-19-28(22-11-9-8-10-12-22)39-29-17-24(48-6)13-16-27(29)31/h7-13,16-17,19,23,25-26,30,32,38H,1,14-15,18,20-21H2,2-6H3,(H,40,43)(H,41,45)/t23?,25?,30?,32-,37+/m0/s1. The molecule has 1 aromatic heterocycles. The summed E-state index contributed by atoms with van der Waals surface area (Å²) in [6.07, 6.45) is 2.25. The van der Waals surface area contributed by atoms with E-state index in [2.05, 4.69) is 21.9 Å². The molecule has 13 heteroatoms. The first-order chi connectivity index (χ1) is 23.7. The first-order valence-electron chi connectivity index (χ1n) is 16.9. The predicted molar refractivity (Wildman–Crippen MR) is 190 cm³/mol. The van der Waals surface area contributed by atoms with Gasteiger partial charge in [0.15, 0.2) is 0 Å².